The molecule has 3 atom stereocenters. The van der Waals surface area contributed by atoms with Crippen LogP contribution < -0.4 is 0 Å². The van der Waals surface area contributed by atoms with Crippen molar-refractivity contribution in [3.63, 3.8) is 0 Å². The maximum Gasteiger partial charge on any atom is 0.385 e. The van der Waals surface area contributed by atoms with Gasteiger partial charge >= 0.3 is 12.1 Å². The number of nitrogens with zero attached hydrogens (tertiary/aromatic N) is 1. The summed E-state index contributed by atoms with van der Waals surface area (Å²) in [6, 6.07) is 18.0. The van der Waals surface area contributed by atoms with E-state index in [1.165, 1.54) is 7.11 Å². The summed E-state index contributed by atoms with van der Waals surface area (Å²) in [5.74, 6) is -0.761. The Kier molecular flexibility index (Phi) is 5.30. The summed E-state index contributed by atoms with van der Waals surface area (Å²) >= 11 is 0. The van der Waals surface area contributed by atoms with Gasteiger partial charge in [-0.15, -0.1) is 0 Å². The molecule has 0 fully saturated rings. The summed E-state index contributed by atoms with van der Waals surface area (Å²) in [5, 5.41) is 10.2. The fourth-order valence-electron chi connectivity index (χ4n) is 2.59. The van der Waals surface area contributed by atoms with Crippen molar-refractivity contribution < 1.29 is 24.1 Å². The molecule has 0 aromatic heterocycles. The van der Waals surface area contributed by atoms with E-state index in [1.54, 1.807) is 0 Å². The predicted molar refractivity (Wildman–Crippen MR) is 90.7 cm³/mol. The lowest BCUT2D eigenvalue weighted by atomic mass is 9.99. The van der Waals surface area contributed by atoms with Gasteiger partial charge in [-0.2, -0.15) is 0 Å². The molecule has 3 rings (SSSR count). The van der Waals surface area contributed by atoms with Gasteiger partial charge in [-0.05, 0) is 11.1 Å². The number of carbonyl (C=O) groups is 1. The van der Waals surface area contributed by atoms with Gasteiger partial charge in [0, 0.05) is 0 Å². The van der Waals surface area contributed by atoms with Gasteiger partial charge in [0.1, 0.15) is 12.6 Å². The van der Waals surface area contributed by atoms with Crippen LogP contribution in [-0.4, -0.2) is 36.4 Å². The van der Waals surface area contributed by atoms with Crippen molar-refractivity contribution in [3.05, 3.63) is 71.8 Å². The van der Waals surface area contributed by atoms with Gasteiger partial charge in [0.05, 0.1) is 7.11 Å². The molecule has 130 valence electrons. The molecule has 2 aromatic carbocycles. The monoisotopic (exact) mass is 341 g/mol. The zero-order chi connectivity index (χ0) is 17.6. The van der Waals surface area contributed by atoms with Crippen LogP contribution in [0.15, 0.2) is 65.7 Å². The second-order valence-electron chi connectivity index (χ2n) is 5.58. The molecular weight excluding hydrogens is 322 g/mol. The minimum Gasteiger partial charge on any atom is -0.467 e. The van der Waals surface area contributed by atoms with Gasteiger partial charge in [-0.25, -0.2) is 9.79 Å². The fourth-order valence-corrected chi connectivity index (χ4v) is 2.59. The van der Waals surface area contributed by atoms with Crippen LogP contribution in [0.5, 0.6) is 0 Å². The summed E-state index contributed by atoms with van der Waals surface area (Å²) in [5.41, 5.74) is 1.75. The number of hydrogen-bond donors (Lipinski definition) is 1. The lowest BCUT2D eigenvalue weighted by Crippen LogP contribution is -2.36. The SMILES string of the molecule is COC(=O)[C@@H](O)[C@H]1N=C(OCc2ccccc2)O[C@H]1c1ccccc1. The number of aliphatic hydroxyl groups is 1. The highest BCUT2D eigenvalue weighted by Crippen LogP contribution is 2.32. The van der Waals surface area contributed by atoms with E-state index in [-0.39, 0.29) is 12.7 Å². The Morgan fingerprint density at radius 3 is 2.44 bits per heavy atom. The molecule has 1 heterocycles. The quantitative estimate of drug-likeness (QED) is 0.844. The molecule has 1 aliphatic rings. The van der Waals surface area contributed by atoms with E-state index in [2.05, 4.69) is 9.73 Å². The van der Waals surface area contributed by atoms with E-state index in [0.717, 1.165) is 11.1 Å². The maximum absolute atomic E-state index is 11.7. The number of hydrogen-bond acceptors (Lipinski definition) is 6. The second kappa shape index (κ2) is 7.81. The zero-order valence-electron chi connectivity index (χ0n) is 13.7. The van der Waals surface area contributed by atoms with Gasteiger partial charge in [-0.1, -0.05) is 60.7 Å². The first kappa shape index (κ1) is 17.0. The van der Waals surface area contributed by atoms with E-state index in [1.807, 2.05) is 60.7 Å². The first-order valence-electron chi connectivity index (χ1n) is 7.91. The van der Waals surface area contributed by atoms with Gasteiger partial charge in [0.15, 0.2) is 12.2 Å². The van der Waals surface area contributed by atoms with Crippen LogP contribution in [-0.2, 0) is 25.6 Å². The molecule has 0 bridgehead atoms. The van der Waals surface area contributed by atoms with Gasteiger partial charge in [-0.3, -0.25) is 0 Å². The van der Waals surface area contributed by atoms with E-state index in [9.17, 15) is 9.90 Å². The Morgan fingerprint density at radius 1 is 1.16 bits per heavy atom. The number of rotatable bonds is 5. The number of benzene rings is 2. The van der Waals surface area contributed by atoms with Crippen LogP contribution in [0.25, 0.3) is 0 Å². The van der Waals surface area contributed by atoms with Crippen LogP contribution in [0, 0.1) is 0 Å². The van der Waals surface area contributed by atoms with Gasteiger partial charge < -0.3 is 19.3 Å². The molecule has 0 radical (unpaired) electrons. The normalized spacial score (nSPS) is 20.3. The maximum atomic E-state index is 11.7. The molecule has 25 heavy (non-hydrogen) atoms. The van der Waals surface area contributed by atoms with E-state index < -0.39 is 24.2 Å². The third-order valence-corrected chi connectivity index (χ3v) is 3.89. The molecule has 0 amide bonds. The van der Waals surface area contributed by atoms with E-state index >= 15 is 0 Å². The Hall–Kier alpha value is -2.86. The summed E-state index contributed by atoms with van der Waals surface area (Å²) in [4.78, 5) is 16.0. The highest BCUT2D eigenvalue weighted by Gasteiger charge is 2.42. The fraction of sp³-hybridized carbons (Fsp3) is 0.263. The van der Waals surface area contributed by atoms with Crippen molar-refractivity contribution in [2.75, 3.05) is 7.11 Å². The highest BCUT2D eigenvalue weighted by molar-refractivity contribution is 5.77. The first-order valence-corrected chi connectivity index (χ1v) is 7.91. The molecule has 0 spiro atoms. The third kappa shape index (κ3) is 3.97. The predicted octanol–water partition coefficient (Wildman–Crippen LogP) is 2.23. The van der Waals surface area contributed by atoms with Crippen LogP contribution >= 0.6 is 0 Å². The number of methoxy groups -OCH3 is 1. The molecule has 6 nitrogen and oxygen atoms in total. The van der Waals surface area contributed by atoms with Crippen LogP contribution in [0.3, 0.4) is 0 Å². The van der Waals surface area contributed by atoms with Gasteiger partial charge in [0.25, 0.3) is 0 Å². The number of carbonyl (C=O) groups excluding carboxylic acids is 1. The van der Waals surface area contributed by atoms with Crippen molar-refractivity contribution in [1.82, 2.24) is 0 Å². The summed E-state index contributed by atoms with van der Waals surface area (Å²) in [6.45, 7) is 0.280. The van der Waals surface area contributed by atoms with Crippen molar-refractivity contribution in [1.29, 1.82) is 0 Å². The lowest BCUT2D eigenvalue weighted by Gasteiger charge is -2.20. The lowest BCUT2D eigenvalue weighted by molar-refractivity contribution is -0.152. The highest BCUT2D eigenvalue weighted by atomic mass is 16.7. The van der Waals surface area contributed by atoms with Crippen LogP contribution in [0.4, 0.5) is 0 Å². The summed E-state index contributed by atoms with van der Waals surface area (Å²) in [6.07, 6.45) is -2.01. The summed E-state index contributed by atoms with van der Waals surface area (Å²) in [7, 11) is 1.22. The van der Waals surface area contributed by atoms with E-state index in [0.29, 0.717) is 0 Å². The smallest absolute Gasteiger partial charge is 0.385 e. The molecular formula is C19H19NO5. The largest absolute Gasteiger partial charge is 0.467 e. The minimum absolute atomic E-state index is 0.0469. The minimum atomic E-state index is -1.44. The molecule has 0 unspecified atom stereocenters. The van der Waals surface area contributed by atoms with Crippen LogP contribution in [0.1, 0.15) is 17.2 Å². The molecule has 0 aliphatic carbocycles. The molecule has 2 aromatic rings. The average molecular weight is 341 g/mol. The van der Waals surface area contributed by atoms with Crippen LogP contribution in [0.2, 0.25) is 0 Å². The number of esters is 1. The average Bonchev–Trinajstić information content (AvgIpc) is 3.11. The topological polar surface area (TPSA) is 77.4 Å². The first-order chi connectivity index (χ1) is 12.2. The Morgan fingerprint density at radius 2 is 1.80 bits per heavy atom. The molecule has 0 saturated heterocycles. The zero-order valence-corrected chi connectivity index (χ0v) is 13.7. The van der Waals surface area contributed by atoms with Crippen molar-refractivity contribution in [3.8, 4) is 0 Å². The molecule has 6 heteroatoms. The third-order valence-electron chi connectivity index (χ3n) is 3.89. The molecule has 1 N–H and O–H groups in total. The van der Waals surface area contributed by atoms with E-state index in [4.69, 9.17) is 9.47 Å². The van der Waals surface area contributed by atoms with Crippen molar-refractivity contribution in [2.45, 2.75) is 24.9 Å². The number of aliphatic hydroxyl groups excluding tert-OH is 1. The Balaban J connectivity index is 1.77. The number of ether oxygens (including phenoxy) is 3. The van der Waals surface area contributed by atoms with Crippen molar-refractivity contribution in [2.24, 2.45) is 4.99 Å². The molecule has 1 aliphatic heterocycles. The van der Waals surface area contributed by atoms with Crippen molar-refractivity contribution >= 4 is 12.1 Å². The Bertz CT molecular complexity index is 732. The summed E-state index contributed by atoms with van der Waals surface area (Å²) < 4.78 is 16.0. The molecule has 0 saturated carbocycles. The van der Waals surface area contributed by atoms with Gasteiger partial charge in [0.2, 0.25) is 0 Å². The number of aliphatic imine (C=N–C) groups is 1. The standard InChI is InChI=1S/C19H19NO5/c1-23-18(22)16(21)15-17(14-10-6-3-7-11-14)25-19(20-15)24-12-13-8-4-2-5-9-13/h2-11,15-17,21H,12H2,1H3/t15-,16+,17+/m1/s1. The second-order valence-corrected chi connectivity index (χ2v) is 5.58. The Labute approximate surface area is 145 Å².